The Morgan fingerprint density at radius 1 is 1.24 bits per heavy atom. The molecule has 0 aromatic carbocycles. The summed E-state index contributed by atoms with van der Waals surface area (Å²) < 4.78 is 5.54. The summed E-state index contributed by atoms with van der Waals surface area (Å²) in [6, 6.07) is 0. The van der Waals surface area contributed by atoms with E-state index in [2.05, 4.69) is 37.9 Å². The van der Waals surface area contributed by atoms with Gasteiger partial charge >= 0.3 is 0 Å². The summed E-state index contributed by atoms with van der Waals surface area (Å²) in [5.41, 5.74) is 1.26. The van der Waals surface area contributed by atoms with E-state index in [9.17, 15) is 0 Å². The molecular formula is C16H29N3OS. The molecule has 1 fully saturated rings. The molecule has 0 amide bonds. The van der Waals surface area contributed by atoms with Gasteiger partial charge in [-0.3, -0.25) is 0 Å². The van der Waals surface area contributed by atoms with Crippen molar-refractivity contribution >= 4 is 16.5 Å². The average molecular weight is 311 g/mol. The van der Waals surface area contributed by atoms with E-state index in [1.807, 2.05) is 11.3 Å². The van der Waals surface area contributed by atoms with Gasteiger partial charge in [-0.1, -0.05) is 27.7 Å². The SMILES string of the molecule is CC(C)CNCc1sc(N2CCCOCC2)nc1C(C)C. The van der Waals surface area contributed by atoms with Crippen molar-refractivity contribution in [2.24, 2.45) is 5.92 Å². The minimum absolute atomic E-state index is 0.481. The van der Waals surface area contributed by atoms with Crippen molar-refractivity contribution in [3.05, 3.63) is 10.6 Å². The molecule has 0 aliphatic carbocycles. The predicted molar refractivity (Wildman–Crippen MR) is 90.4 cm³/mol. The molecule has 120 valence electrons. The predicted octanol–water partition coefficient (Wildman–Crippen LogP) is 3.24. The lowest BCUT2D eigenvalue weighted by atomic mass is 10.1. The summed E-state index contributed by atoms with van der Waals surface area (Å²) in [6.45, 7) is 14.7. The summed E-state index contributed by atoms with van der Waals surface area (Å²) in [7, 11) is 0. The van der Waals surface area contributed by atoms with Crippen LogP contribution in [0.4, 0.5) is 5.13 Å². The number of ether oxygens (including phenoxy) is 1. The highest BCUT2D eigenvalue weighted by Gasteiger charge is 2.19. The van der Waals surface area contributed by atoms with Gasteiger partial charge in [-0.15, -0.1) is 11.3 Å². The number of nitrogens with zero attached hydrogens (tertiary/aromatic N) is 2. The molecule has 0 radical (unpaired) electrons. The molecule has 4 nitrogen and oxygen atoms in total. The van der Waals surface area contributed by atoms with E-state index < -0.39 is 0 Å². The average Bonchev–Trinajstić information content (AvgIpc) is 2.67. The highest BCUT2D eigenvalue weighted by molar-refractivity contribution is 7.15. The first-order valence-electron chi connectivity index (χ1n) is 8.11. The maximum Gasteiger partial charge on any atom is 0.185 e. The van der Waals surface area contributed by atoms with Crippen molar-refractivity contribution in [3.8, 4) is 0 Å². The van der Waals surface area contributed by atoms with Gasteiger partial charge in [0, 0.05) is 31.1 Å². The number of aromatic nitrogens is 1. The minimum Gasteiger partial charge on any atom is -0.380 e. The lowest BCUT2D eigenvalue weighted by molar-refractivity contribution is 0.152. The first-order chi connectivity index (χ1) is 10.1. The van der Waals surface area contributed by atoms with Gasteiger partial charge in [-0.25, -0.2) is 4.98 Å². The van der Waals surface area contributed by atoms with Gasteiger partial charge in [-0.05, 0) is 24.8 Å². The van der Waals surface area contributed by atoms with Crippen LogP contribution >= 0.6 is 11.3 Å². The number of thiazole rings is 1. The zero-order valence-electron chi connectivity index (χ0n) is 13.8. The third-order valence-electron chi connectivity index (χ3n) is 3.59. The fraction of sp³-hybridized carbons (Fsp3) is 0.812. The molecule has 1 aromatic heterocycles. The van der Waals surface area contributed by atoms with Crippen molar-refractivity contribution < 1.29 is 4.74 Å². The molecule has 1 saturated heterocycles. The fourth-order valence-electron chi connectivity index (χ4n) is 2.48. The van der Waals surface area contributed by atoms with Gasteiger partial charge < -0.3 is 15.0 Å². The van der Waals surface area contributed by atoms with Crippen LogP contribution in [0.25, 0.3) is 0 Å². The Morgan fingerprint density at radius 3 is 2.76 bits per heavy atom. The van der Waals surface area contributed by atoms with E-state index >= 15 is 0 Å². The van der Waals surface area contributed by atoms with Crippen LogP contribution in [0.5, 0.6) is 0 Å². The van der Waals surface area contributed by atoms with E-state index in [1.165, 1.54) is 15.7 Å². The van der Waals surface area contributed by atoms with Crippen LogP contribution in [0, 0.1) is 5.92 Å². The molecule has 1 aliphatic heterocycles. The second-order valence-electron chi connectivity index (χ2n) is 6.44. The van der Waals surface area contributed by atoms with Crippen LogP contribution in [-0.2, 0) is 11.3 Å². The standard InChI is InChI=1S/C16H29N3OS/c1-12(2)10-17-11-14-15(13(3)4)18-16(21-14)19-6-5-8-20-9-7-19/h12-13,17H,5-11H2,1-4H3. The fourth-order valence-corrected chi connectivity index (χ4v) is 3.71. The Hall–Kier alpha value is -0.650. The van der Waals surface area contributed by atoms with Crippen LogP contribution in [-0.4, -0.2) is 37.8 Å². The highest BCUT2D eigenvalue weighted by Crippen LogP contribution is 2.31. The van der Waals surface area contributed by atoms with Gasteiger partial charge in [0.2, 0.25) is 0 Å². The van der Waals surface area contributed by atoms with E-state index in [0.29, 0.717) is 11.8 Å². The Balaban J connectivity index is 2.08. The smallest absolute Gasteiger partial charge is 0.185 e. The van der Waals surface area contributed by atoms with Crippen molar-refractivity contribution in [1.29, 1.82) is 0 Å². The zero-order valence-corrected chi connectivity index (χ0v) is 14.6. The molecule has 0 atom stereocenters. The Morgan fingerprint density at radius 2 is 2.05 bits per heavy atom. The van der Waals surface area contributed by atoms with Gasteiger partial charge in [0.1, 0.15) is 0 Å². The van der Waals surface area contributed by atoms with Crippen LogP contribution in [0.15, 0.2) is 0 Å². The second-order valence-corrected chi connectivity index (χ2v) is 7.50. The molecule has 2 heterocycles. The van der Waals surface area contributed by atoms with Crippen molar-refractivity contribution in [2.45, 2.75) is 46.6 Å². The van der Waals surface area contributed by atoms with Gasteiger partial charge in [-0.2, -0.15) is 0 Å². The lowest BCUT2D eigenvalue weighted by Gasteiger charge is -2.17. The Bertz CT molecular complexity index is 423. The van der Waals surface area contributed by atoms with Gasteiger partial charge in [0.25, 0.3) is 0 Å². The number of hydrogen-bond acceptors (Lipinski definition) is 5. The zero-order chi connectivity index (χ0) is 15.2. The number of nitrogens with one attached hydrogen (secondary N) is 1. The molecule has 0 spiro atoms. The Labute approximate surface area is 132 Å². The maximum absolute atomic E-state index is 5.54. The molecule has 21 heavy (non-hydrogen) atoms. The molecule has 0 unspecified atom stereocenters. The molecule has 2 rings (SSSR count). The third kappa shape index (κ3) is 4.94. The molecule has 0 saturated carbocycles. The van der Waals surface area contributed by atoms with E-state index in [4.69, 9.17) is 9.72 Å². The van der Waals surface area contributed by atoms with E-state index in [1.54, 1.807) is 0 Å². The lowest BCUT2D eigenvalue weighted by Crippen LogP contribution is -2.25. The number of rotatable bonds is 6. The first kappa shape index (κ1) is 16.7. The molecule has 1 aromatic rings. The maximum atomic E-state index is 5.54. The number of hydrogen-bond donors (Lipinski definition) is 1. The summed E-state index contributed by atoms with van der Waals surface area (Å²) in [5.74, 6) is 1.16. The largest absolute Gasteiger partial charge is 0.380 e. The van der Waals surface area contributed by atoms with Gasteiger partial charge in [0.15, 0.2) is 5.13 Å². The third-order valence-corrected chi connectivity index (χ3v) is 4.73. The Kier molecular flexibility index (Phi) is 6.45. The first-order valence-corrected chi connectivity index (χ1v) is 8.92. The minimum atomic E-state index is 0.481. The molecular weight excluding hydrogens is 282 g/mol. The highest BCUT2D eigenvalue weighted by atomic mass is 32.1. The van der Waals surface area contributed by atoms with E-state index in [-0.39, 0.29) is 0 Å². The van der Waals surface area contributed by atoms with Gasteiger partial charge in [0.05, 0.1) is 12.3 Å². The van der Waals surface area contributed by atoms with Crippen molar-refractivity contribution in [2.75, 3.05) is 37.7 Å². The summed E-state index contributed by atoms with van der Waals surface area (Å²) in [5, 5.41) is 4.72. The second kappa shape index (κ2) is 8.11. The normalized spacial score (nSPS) is 16.8. The van der Waals surface area contributed by atoms with E-state index in [0.717, 1.165) is 45.8 Å². The van der Waals surface area contributed by atoms with Crippen LogP contribution < -0.4 is 10.2 Å². The quantitative estimate of drug-likeness (QED) is 0.875. The molecule has 1 aliphatic rings. The van der Waals surface area contributed by atoms with Crippen LogP contribution in [0.1, 0.15) is 50.6 Å². The summed E-state index contributed by atoms with van der Waals surface area (Å²) in [4.78, 5) is 8.70. The monoisotopic (exact) mass is 311 g/mol. The molecule has 1 N–H and O–H groups in total. The number of anilines is 1. The summed E-state index contributed by atoms with van der Waals surface area (Å²) >= 11 is 1.85. The molecule has 5 heteroatoms. The van der Waals surface area contributed by atoms with Crippen molar-refractivity contribution in [1.82, 2.24) is 10.3 Å². The topological polar surface area (TPSA) is 37.4 Å². The van der Waals surface area contributed by atoms with Crippen LogP contribution in [0.2, 0.25) is 0 Å². The summed E-state index contributed by atoms with van der Waals surface area (Å²) in [6.07, 6.45) is 1.09. The van der Waals surface area contributed by atoms with Crippen molar-refractivity contribution in [3.63, 3.8) is 0 Å². The molecule has 0 bridgehead atoms. The van der Waals surface area contributed by atoms with Crippen LogP contribution in [0.3, 0.4) is 0 Å².